The molecule has 4 heteroatoms. The number of benzene rings is 3. The van der Waals surface area contributed by atoms with Gasteiger partial charge in [0.2, 0.25) is 0 Å². The third-order valence-electron chi connectivity index (χ3n) is 5.33. The van der Waals surface area contributed by atoms with Crippen molar-refractivity contribution in [2.24, 2.45) is 0 Å². The lowest BCUT2D eigenvalue weighted by atomic mass is 9.99. The van der Waals surface area contributed by atoms with Crippen LogP contribution in [0, 0.1) is 0 Å². The molecule has 1 aliphatic rings. The number of halogens is 1. The van der Waals surface area contributed by atoms with Gasteiger partial charge in [0.25, 0.3) is 0 Å². The van der Waals surface area contributed by atoms with Gasteiger partial charge in [-0.25, -0.2) is 0 Å². The minimum absolute atomic E-state index is 0.723. The molecule has 0 atom stereocenters. The quantitative estimate of drug-likeness (QED) is 0.563. The zero-order chi connectivity index (χ0) is 19.3. The molecule has 28 heavy (non-hydrogen) atoms. The summed E-state index contributed by atoms with van der Waals surface area (Å²) in [6.07, 6.45) is 0.889. The number of nitrogens with zero attached hydrogens (tertiary/aromatic N) is 2. The van der Waals surface area contributed by atoms with E-state index < -0.39 is 0 Å². The highest BCUT2D eigenvalue weighted by atomic mass is 35.5. The van der Waals surface area contributed by atoms with Gasteiger partial charge in [-0.15, -0.1) is 0 Å². The number of rotatable bonds is 5. The van der Waals surface area contributed by atoms with Crippen molar-refractivity contribution in [3.63, 3.8) is 0 Å². The second kappa shape index (κ2) is 8.59. The highest BCUT2D eigenvalue weighted by Gasteiger charge is 2.18. The number of hydrogen-bond donors (Lipinski definition) is 0. The average Bonchev–Trinajstić information content (AvgIpc) is 2.75. The molecule has 0 radical (unpaired) electrons. The van der Waals surface area contributed by atoms with Crippen LogP contribution in [0.2, 0.25) is 5.02 Å². The molecule has 0 bridgehead atoms. The van der Waals surface area contributed by atoms with Gasteiger partial charge in [0.15, 0.2) is 0 Å². The van der Waals surface area contributed by atoms with Crippen LogP contribution in [-0.2, 0) is 6.54 Å². The number of carbonyl (C=O) groups excluding carboxylic acids is 1. The van der Waals surface area contributed by atoms with Gasteiger partial charge in [-0.05, 0) is 53.1 Å². The molecule has 3 nitrogen and oxygen atoms in total. The van der Waals surface area contributed by atoms with E-state index in [9.17, 15) is 4.79 Å². The van der Waals surface area contributed by atoms with Crippen molar-refractivity contribution in [2.75, 3.05) is 31.1 Å². The van der Waals surface area contributed by atoms with Gasteiger partial charge in [0, 0.05) is 49.0 Å². The van der Waals surface area contributed by atoms with Gasteiger partial charge < -0.3 is 4.90 Å². The number of hydrogen-bond acceptors (Lipinski definition) is 3. The lowest BCUT2D eigenvalue weighted by molar-refractivity contribution is 0.112. The monoisotopic (exact) mass is 390 g/mol. The Labute approximate surface area is 171 Å². The van der Waals surface area contributed by atoms with Crippen molar-refractivity contribution in [2.45, 2.75) is 6.54 Å². The fraction of sp³-hybridized carbons (Fsp3) is 0.208. The number of carbonyl (C=O) groups is 1. The second-order valence-corrected chi connectivity index (χ2v) is 7.57. The first-order valence-electron chi connectivity index (χ1n) is 9.59. The molecule has 0 spiro atoms. The second-order valence-electron chi connectivity index (χ2n) is 7.14. The van der Waals surface area contributed by atoms with E-state index >= 15 is 0 Å². The fourth-order valence-corrected chi connectivity index (χ4v) is 3.86. The maximum Gasteiger partial charge on any atom is 0.150 e. The summed E-state index contributed by atoms with van der Waals surface area (Å²) in [7, 11) is 0. The summed E-state index contributed by atoms with van der Waals surface area (Å²) < 4.78 is 0. The Morgan fingerprint density at radius 2 is 1.50 bits per heavy atom. The summed E-state index contributed by atoms with van der Waals surface area (Å²) in [5.41, 5.74) is 5.72. The van der Waals surface area contributed by atoms with Crippen LogP contribution in [-0.4, -0.2) is 37.4 Å². The molecule has 0 unspecified atom stereocenters. The Morgan fingerprint density at radius 1 is 0.821 bits per heavy atom. The van der Waals surface area contributed by atoms with E-state index in [0.717, 1.165) is 49.6 Å². The van der Waals surface area contributed by atoms with Crippen molar-refractivity contribution in [1.82, 2.24) is 4.90 Å². The normalized spacial score (nSPS) is 14.8. The Balaban J connectivity index is 1.42. The molecule has 4 rings (SSSR count). The van der Waals surface area contributed by atoms with Crippen LogP contribution in [0.1, 0.15) is 15.9 Å². The first-order valence-corrected chi connectivity index (χ1v) is 9.97. The van der Waals surface area contributed by atoms with E-state index in [1.165, 1.54) is 22.4 Å². The van der Waals surface area contributed by atoms with E-state index in [-0.39, 0.29) is 0 Å². The topological polar surface area (TPSA) is 23.6 Å². The zero-order valence-corrected chi connectivity index (χ0v) is 16.5. The molecule has 1 saturated heterocycles. The van der Waals surface area contributed by atoms with Crippen molar-refractivity contribution >= 4 is 23.6 Å². The molecule has 0 amide bonds. The third-order valence-corrected chi connectivity index (χ3v) is 5.59. The molecular formula is C24H23ClN2O. The van der Waals surface area contributed by atoms with Crippen molar-refractivity contribution < 1.29 is 4.79 Å². The van der Waals surface area contributed by atoms with Gasteiger partial charge in [-0.2, -0.15) is 0 Å². The molecule has 1 heterocycles. The predicted molar refractivity (Wildman–Crippen MR) is 116 cm³/mol. The van der Waals surface area contributed by atoms with Crippen LogP contribution in [0.3, 0.4) is 0 Å². The highest BCUT2D eigenvalue weighted by Crippen LogP contribution is 2.27. The van der Waals surface area contributed by atoms with Gasteiger partial charge in [-0.3, -0.25) is 9.69 Å². The molecule has 0 aliphatic carbocycles. The first-order chi connectivity index (χ1) is 13.7. The Hall–Kier alpha value is -2.62. The van der Waals surface area contributed by atoms with E-state index in [1.807, 2.05) is 36.4 Å². The van der Waals surface area contributed by atoms with Crippen LogP contribution in [0.25, 0.3) is 11.1 Å². The molecule has 0 saturated carbocycles. The Morgan fingerprint density at radius 3 is 2.18 bits per heavy atom. The van der Waals surface area contributed by atoms with Crippen LogP contribution < -0.4 is 4.90 Å². The van der Waals surface area contributed by atoms with Gasteiger partial charge in [0.05, 0.1) is 0 Å². The summed E-state index contributed by atoms with van der Waals surface area (Å²) in [6.45, 7) is 4.96. The lowest BCUT2D eigenvalue weighted by Gasteiger charge is -2.36. The molecule has 3 aromatic rings. The Kier molecular flexibility index (Phi) is 5.75. The minimum Gasteiger partial charge on any atom is -0.369 e. The van der Waals surface area contributed by atoms with Crippen molar-refractivity contribution in [3.8, 4) is 11.1 Å². The summed E-state index contributed by atoms with van der Waals surface area (Å²) in [6, 6.07) is 24.5. The van der Waals surface area contributed by atoms with E-state index in [4.69, 9.17) is 11.6 Å². The molecule has 0 N–H and O–H groups in total. The lowest BCUT2D eigenvalue weighted by Crippen LogP contribution is -2.46. The Bertz CT molecular complexity index is 930. The molecular weight excluding hydrogens is 368 g/mol. The standard InChI is InChI=1S/C24H23ClN2O/c25-22-9-7-20(8-10-22)24-4-2-1-3-21(24)17-26-13-15-27(16-14-26)23-11-5-19(18-28)6-12-23/h1-12,18H,13-17H2. The highest BCUT2D eigenvalue weighted by molar-refractivity contribution is 6.30. The van der Waals surface area contributed by atoms with E-state index in [2.05, 4.69) is 46.2 Å². The first kappa shape index (κ1) is 18.7. The zero-order valence-electron chi connectivity index (χ0n) is 15.7. The number of anilines is 1. The molecule has 1 fully saturated rings. The average molecular weight is 391 g/mol. The summed E-state index contributed by atoms with van der Waals surface area (Å²) in [5, 5.41) is 0.763. The van der Waals surface area contributed by atoms with Crippen molar-refractivity contribution in [3.05, 3.63) is 88.9 Å². The molecule has 1 aliphatic heterocycles. The minimum atomic E-state index is 0.723. The van der Waals surface area contributed by atoms with Gasteiger partial charge in [-0.1, -0.05) is 48.0 Å². The maximum atomic E-state index is 10.8. The SMILES string of the molecule is O=Cc1ccc(N2CCN(Cc3ccccc3-c3ccc(Cl)cc3)CC2)cc1. The van der Waals surface area contributed by atoms with E-state index in [1.54, 1.807) is 0 Å². The largest absolute Gasteiger partial charge is 0.369 e. The van der Waals surface area contributed by atoms with Crippen molar-refractivity contribution in [1.29, 1.82) is 0 Å². The third kappa shape index (κ3) is 4.27. The van der Waals surface area contributed by atoms with Gasteiger partial charge in [0.1, 0.15) is 6.29 Å². The fourth-order valence-electron chi connectivity index (χ4n) is 3.74. The van der Waals surface area contributed by atoms with Gasteiger partial charge >= 0.3 is 0 Å². The predicted octanol–water partition coefficient (Wildman–Crippen LogP) is 5.14. The van der Waals surface area contributed by atoms with Crippen LogP contribution in [0.5, 0.6) is 0 Å². The summed E-state index contributed by atoms with van der Waals surface area (Å²) in [5.74, 6) is 0. The molecule has 3 aromatic carbocycles. The van der Waals surface area contributed by atoms with Crippen LogP contribution >= 0.6 is 11.6 Å². The summed E-state index contributed by atoms with van der Waals surface area (Å²) in [4.78, 5) is 15.7. The summed E-state index contributed by atoms with van der Waals surface area (Å²) >= 11 is 6.05. The molecule has 0 aromatic heterocycles. The smallest absolute Gasteiger partial charge is 0.150 e. The van der Waals surface area contributed by atoms with Crippen LogP contribution in [0.15, 0.2) is 72.8 Å². The number of aldehydes is 1. The van der Waals surface area contributed by atoms with E-state index in [0.29, 0.717) is 0 Å². The maximum absolute atomic E-state index is 10.8. The number of piperazine rings is 1. The molecule has 142 valence electrons. The van der Waals surface area contributed by atoms with Crippen LogP contribution in [0.4, 0.5) is 5.69 Å².